The highest BCUT2D eigenvalue weighted by Crippen LogP contribution is 2.29. The number of imidazole rings is 1. The molecule has 0 radical (unpaired) electrons. The van der Waals surface area contributed by atoms with Crippen LogP contribution in [0.25, 0.3) is 11.3 Å². The maximum atomic E-state index is 13.4. The summed E-state index contributed by atoms with van der Waals surface area (Å²) >= 11 is 0. The molecule has 100 valence electrons. The molecule has 2 heterocycles. The lowest BCUT2D eigenvalue weighted by Gasteiger charge is -2.17. The molecule has 0 unspecified atom stereocenters. The predicted molar refractivity (Wildman–Crippen MR) is 73.4 cm³/mol. The Morgan fingerprint density at radius 3 is 3.05 bits per heavy atom. The lowest BCUT2D eigenvalue weighted by atomic mass is 10.1. The van der Waals surface area contributed by atoms with Crippen molar-refractivity contribution in [3.8, 4) is 11.3 Å². The van der Waals surface area contributed by atoms with Gasteiger partial charge in [-0.05, 0) is 37.1 Å². The Labute approximate surface area is 111 Å². The van der Waals surface area contributed by atoms with E-state index in [0.717, 1.165) is 42.4 Å². The van der Waals surface area contributed by atoms with Crippen molar-refractivity contribution >= 4 is 5.95 Å². The van der Waals surface area contributed by atoms with Gasteiger partial charge in [-0.1, -0.05) is 0 Å². The topological polar surface area (TPSA) is 55.9 Å². The normalized spacial score (nSPS) is 14.1. The molecule has 0 atom stereocenters. The third-order valence-corrected chi connectivity index (χ3v) is 3.54. The second kappa shape index (κ2) is 4.66. The van der Waals surface area contributed by atoms with Gasteiger partial charge in [-0.15, -0.1) is 0 Å². The molecule has 0 fully saturated rings. The lowest BCUT2D eigenvalue weighted by molar-refractivity contribution is 0.604. The maximum Gasteiger partial charge on any atom is 0.203 e. The van der Waals surface area contributed by atoms with Crippen LogP contribution in [0.1, 0.15) is 17.7 Å². The number of aryl methyl sites for hydroxylation is 1. The van der Waals surface area contributed by atoms with Crippen LogP contribution in [0.5, 0.6) is 0 Å². The highest BCUT2D eigenvalue weighted by Gasteiger charge is 2.19. The minimum atomic E-state index is -0.194. The van der Waals surface area contributed by atoms with Crippen molar-refractivity contribution in [1.82, 2.24) is 9.55 Å². The average molecular weight is 260 g/mol. The van der Waals surface area contributed by atoms with Crippen molar-refractivity contribution in [1.29, 1.82) is 0 Å². The number of benzene rings is 1. The van der Waals surface area contributed by atoms with Gasteiger partial charge in [-0.3, -0.25) is 0 Å². The zero-order valence-electron chi connectivity index (χ0n) is 10.9. The molecule has 1 aliphatic rings. The fourth-order valence-corrected chi connectivity index (χ4v) is 2.53. The number of fused-ring (bicyclic) bond motifs is 1. The summed E-state index contributed by atoms with van der Waals surface area (Å²) in [4.78, 5) is 4.61. The number of rotatable bonds is 2. The van der Waals surface area contributed by atoms with Gasteiger partial charge in [0.2, 0.25) is 5.95 Å². The molecule has 0 saturated carbocycles. The molecule has 3 rings (SSSR count). The quantitative estimate of drug-likeness (QED) is 0.871. The number of hydrogen-bond acceptors (Lipinski definition) is 3. The van der Waals surface area contributed by atoms with Crippen LogP contribution in [0.4, 0.5) is 10.3 Å². The summed E-state index contributed by atoms with van der Waals surface area (Å²) in [7, 11) is 0. The van der Waals surface area contributed by atoms with Gasteiger partial charge in [-0.25, -0.2) is 9.37 Å². The van der Waals surface area contributed by atoms with Crippen LogP contribution in [-0.2, 0) is 13.1 Å². The molecule has 0 spiro atoms. The molecule has 0 aliphatic carbocycles. The third kappa shape index (κ3) is 2.00. The number of halogens is 1. The van der Waals surface area contributed by atoms with Crippen LogP contribution in [-0.4, -0.2) is 16.1 Å². The van der Waals surface area contributed by atoms with E-state index >= 15 is 0 Å². The van der Waals surface area contributed by atoms with Gasteiger partial charge in [0.05, 0.1) is 11.4 Å². The van der Waals surface area contributed by atoms with Gasteiger partial charge in [0.25, 0.3) is 0 Å². The first kappa shape index (κ1) is 12.2. The predicted octanol–water partition coefficient (Wildman–Crippen LogP) is 2.27. The molecule has 3 N–H and O–H groups in total. The zero-order chi connectivity index (χ0) is 13.4. The summed E-state index contributed by atoms with van der Waals surface area (Å²) in [6.07, 6.45) is 1.07. The van der Waals surface area contributed by atoms with Gasteiger partial charge in [0.15, 0.2) is 0 Å². The van der Waals surface area contributed by atoms with E-state index in [0.29, 0.717) is 12.1 Å². The maximum absolute atomic E-state index is 13.4. The van der Waals surface area contributed by atoms with Crippen molar-refractivity contribution < 1.29 is 4.39 Å². The van der Waals surface area contributed by atoms with Crippen LogP contribution < -0.4 is 11.1 Å². The van der Waals surface area contributed by atoms with Gasteiger partial charge in [-0.2, -0.15) is 0 Å². The van der Waals surface area contributed by atoms with E-state index in [4.69, 9.17) is 5.73 Å². The second-order valence-electron chi connectivity index (χ2n) is 4.83. The van der Waals surface area contributed by atoms with Crippen molar-refractivity contribution in [3.05, 3.63) is 35.3 Å². The van der Waals surface area contributed by atoms with Crippen LogP contribution in [0.2, 0.25) is 0 Å². The van der Waals surface area contributed by atoms with Crippen molar-refractivity contribution in [2.24, 2.45) is 5.73 Å². The molecule has 4 nitrogen and oxygen atoms in total. The number of nitrogens with one attached hydrogen (secondary N) is 1. The van der Waals surface area contributed by atoms with Gasteiger partial charge >= 0.3 is 0 Å². The molecule has 2 aromatic rings. The lowest BCUT2D eigenvalue weighted by Crippen LogP contribution is -2.19. The standard InChI is InChI=1S/C14H17FN4/c1-9-7-10(3-4-11(9)15)13-12(8-16)19-6-2-5-17-14(19)18-13/h3-4,7H,2,5-6,8,16H2,1H3,(H,17,18). The van der Waals surface area contributed by atoms with E-state index in [1.165, 1.54) is 6.07 Å². The molecule has 1 aliphatic heterocycles. The van der Waals surface area contributed by atoms with Crippen LogP contribution in [0.15, 0.2) is 18.2 Å². The molecular formula is C14H17FN4. The van der Waals surface area contributed by atoms with Crippen LogP contribution in [0, 0.1) is 12.7 Å². The Balaban J connectivity index is 2.13. The van der Waals surface area contributed by atoms with Crippen molar-refractivity contribution in [2.75, 3.05) is 11.9 Å². The second-order valence-corrected chi connectivity index (χ2v) is 4.83. The summed E-state index contributed by atoms with van der Waals surface area (Å²) in [5.74, 6) is 0.670. The van der Waals surface area contributed by atoms with Gasteiger partial charge in [0, 0.05) is 25.2 Å². The zero-order valence-corrected chi connectivity index (χ0v) is 10.9. The summed E-state index contributed by atoms with van der Waals surface area (Å²) < 4.78 is 15.5. The average Bonchev–Trinajstić information content (AvgIpc) is 2.80. The number of anilines is 1. The van der Waals surface area contributed by atoms with Gasteiger partial charge in [0.1, 0.15) is 5.82 Å². The highest BCUT2D eigenvalue weighted by molar-refractivity contribution is 5.65. The minimum Gasteiger partial charge on any atom is -0.356 e. The Bertz CT molecular complexity index is 618. The Morgan fingerprint density at radius 1 is 1.47 bits per heavy atom. The van der Waals surface area contributed by atoms with E-state index in [2.05, 4.69) is 14.9 Å². The Morgan fingerprint density at radius 2 is 2.32 bits per heavy atom. The molecule has 1 aromatic heterocycles. The van der Waals surface area contributed by atoms with E-state index in [-0.39, 0.29) is 5.82 Å². The fourth-order valence-electron chi connectivity index (χ4n) is 2.53. The Kier molecular flexibility index (Phi) is 2.98. The monoisotopic (exact) mass is 260 g/mol. The smallest absolute Gasteiger partial charge is 0.203 e. The van der Waals surface area contributed by atoms with Crippen molar-refractivity contribution in [2.45, 2.75) is 26.4 Å². The van der Waals surface area contributed by atoms with Crippen LogP contribution in [0.3, 0.4) is 0 Å². The first-order valence-electron chi connectivity index (χ1n) is 6.50. The van der Waals surface area contributed by atoms with E-state index in [9.17, 15) is 4.39 Å². The molecule has 0 saturated heterocycles. The number of nitrogens with zero attached hydrogens (tertiary/aromatic N) is 2. The molecule has 0 bridgehead atoms. The first-order valence-corrected chi connectivity index (χ1v) is 6.50. The van der Waals surface area contributed by atoms with Crippen LogP contribution >= 0.6 is 0 Å². The van der Waals surface area contributed by atoms with Gasteiger partial charge < -0.3 is 15.6 Å². The number of nitrogens with two attached hydrogens (primary N) is 1. The molecule has 1 aromatic carbocycles. The van der Waals surface area contributed by atoms with E-state index in [1.54, 1.807) is 13.0 Å². The molecular weight excluding hydrogens is 243 g/mol. The molecule has 5 heteroatoms. The number of aromatic nitrogens is 2. The van der Waals surface area contributed by atoms with Crippen molar-refractivity contribution in [3.63, 3.8) is 0 Å². The van der Waals surface area contributed by atoms with E-state index < -0.39 is 0 Å². The minimum absolute atomic E-state index is 0.194. The molecule has 0 amide bonds. The summed E-state index contributed by atoms with van der Waals surface area (Å²) in [6, 6.07) is 5.06. The third-order valence-electron chi connectivity index (χ3n) is 3.54. The number of hydrogen-bond donors (Lipinski definition) is 2. The highest BCUT2D eigenvalue weighted by atomic mass is 19.1. The SMILES string of the molecule is Cc1cc(-c2nc3n(c2CN)CCCN3)ccc1F. The summed E-state index contributed by atoms with van der Waals surface area (Å²) in [5, 5.41) is 3.28. The van der Waals surface area contributed by atoms with E-state index in [1.807, 2.05) is 6.07 Å². The first-order chi connectivity index (χ1) is 9.20. The summed E-state index contributed by atoms with van der Waals surface area (Å²) in [5.41, 5.74) is 9.27. The Hall–Kier alpha value is -1.88. The molecule has 19 heavy (non-hydrogen) atoms. The summed E-state index contributed by atoms with van der Waals surface area (Å²) in [6.45, 7) is 4.06. The fraction of sp³-hybridized carbons (Fsp3) is 0.357. The largest absolute Gasteiger partial charge is 0.356 e.